The van der Waals surface area contributed by atoms with E-state index in [0.29, 0.717) is 70.6 Å². The second-order valence-corrected chi connectivity index (χ2v) is 17.9. The van der Waals surface area contributed by atoms with Crippen molar-refractivity contribution in [1.82, 2.24) is 46.4 Å². The molecule has 1 aromatic carbocycles. The normalized spacial score (nSPS) is 13.9. The Morgan fingerprint density at radius 3 is 2.14 bits per heavy atom. The average Bonchev–Trinajstić information content (AvgIpc) is 3.88. The topological polar surface area (TPSA) is 308 Å². The molecule has 0 bridgehead atoms. The van der Waals surface area contributed by atoms with Gasteiger partial charge in [0, 0.05) is 48.4 Å². The van der Waals surface area contributed by atoms with E-state index in [1.54, 1.807) is 11.7 Å². The van der Waals surface area contributed by atoms with Crippen molar-refractivity contribution in [2.75, 3.05) is 60.2 Å². The number of pyridine rings is 2. The van der Waals surface area contributed by atoms with E-state index < -0.39 is 79.5 Å². The van der Waals surface area contributed by atoms with E-state index in [2.05, 4.69) is 38.8 Å². The van der Waals surface area contributed by atoms with Crippen molar-refractivity contribution >= 4 is 90.2 Å². The number of aryl methyl sites for hydroxylation is 2. The number of benzene rings is 1. The first-order valence-electron chi connectivity index (χ1n) is 22.6. The van der Waals surface area contributed by atoms with Crippen LogP contribution in [0, 0.1) is 12.7 Å². The summed E-state index contributed by atoms with van der Waals surface area (Å²) in [5, 5.41) is 15.5. The standard InChI is InChI=1S/C25H25FN2O3.C18H26N7O9.C3H9N.Pb/c1-4-14(11-29)17-8-22-24-18(10-28(22)25(30)19(17)12-31-3)16-7-5-6-15-13(2)20(26)9-21(27-24)23(15)16;1-10(18(33)22-5-13(28)23-9-34-8-11(19)26)24-14(29)6-20-12(27)4-21-15(30)7-25-16(31)2-3-17(25)32;1-3-4-2;/h8-9,11,14H,4-7,10,12H2,1-3H3;10H,1-9H2,(H2,19,26)(H,20,27)(H,21,30)(H,22,33)(H,23,28)(H,24,29);4H,3H2,1-2H3;. The molecule has 1 fully saturated rings. The summed E-state index contributed by atoms with van der Waals surface area (Å²) in [5.41, 5.74) is 12.0. The molecule has 70 heavy (non-hydrogen) atoms. The summed E-state index contributed by atoms with van der Waals surface area (Å²) in [6, 6.07) is 2.52. The SMILES string of the molecule is CCC(C=O)c1cc2n(c(=O)c1COC)Cc1c-2nc2cc(F)c(C)c3c2c1CCC3.CCNC.NC(=O)COCNC(=O)CNC(=O)C([CH2][Pb])NC(=O)CNC(=O)CNC(=O)CN1C(=O)CCC1=O. The fourth-order valence-electron chi connectivity index (χ4n) is 7.84. The van der Waals surface area contributed by atoms with Crippen LogP contribution in [0.2, 0.25) is 3.98 Å². The smallest absolute Gasteiger partial charge is 0.274 e. The van der Waals surface area contributed by atoms with Crippen LogP contribution in [0.5, 0.6) is 0 Å². The predicted octanol–water partition coefficient (Wildman–Crippen LogP) is -1.44. The molecule has 3 aromatic rings. The van der Waals surface area contributed by atoms with Crippen LogP contribution < -0.4 is 43.2 Å². The van der Waals surface area contributed by atoms with Crippen LogP contribution in [-0.4, -0.2) is 160 Å². The molecule has 3 aliphatic rings. The van der Waals surface area contributed by atoms with Crippen molar-refractivity contribution < 1.29 is 57.0 Å². The number of imide groups is 1. The van der Waals surface area contributed by atoms with Crippen LogP contribution in [0.15, 0.2) is 16.9 Å². The number of methoxy groups -OCH3 is 1. The number of aromatic nitrogens is 2. The number of carbonyl (C=O) groups is 9. The van der Waals surface area contributed by atoms with E-state index in [1.807, 2.05) is 27.0 Å². The third-order valence-corrected chi connectivity index (χ3v) is 13.1. The summed E-state index contributed by atoms with van der Waals surface area (Å²) < 4.78 is 26.7. The zero-order valence-electron chi connectivity index (χ0n) is 39.9. The van der Waals surface area contributed by atoms with Gasteiger partial charge in [-0.1, -0.05) is 13.8 Å². The van der Waals surface area contributed by atoms with Gasteiger partial charge < -0.3 is 19.4 Å². The monoisotopic (exact) mass is 1170 g/mol. The third kappa shape index (κ3) is 14.7. The van der Waals surface area contributed by atoms with Crippen LogP contribution in [0.4, 0.5) is 4.39 Å². The van der Waals surface area contributed by atoms with Gasteiger partial charge in [-0.25, -0.2) is 9.37 Å². The minimum absolute atomic E-state index is 0.0432. The molecule has 24 heteroatoms. The minimum Gasteiger partial charge on any atom is -0.274 e. The van der Waals surface area contributed by atoms with Crippen molar-refractivity contribution in [3.63, 3.8) is 0 Å². The van der Waals surface area contributed by atoms with E-state index in [4.69, 9.17) is 20.2 Å². The Labute approximate surface area is 419 Å². The number of aldehydes is 1. The van der Waals surface area contributed by atoms with Crippen LogP contribution in [-0.2, 0) is 78.6 Å². The number of rotatable bonds is 21. The summed E-state index contributed by atoms with van der Waals surface area (Å²) in [7, 11) is 3.48. The van der Waals surface area contributed by atoms with E-state index in [1.165, 1.54) is 11.6 Å². The third-order valence-electron chi connectivity index (χ3n) is 11.6. The number of likely N-dealkylation sites (tertiary alicyclic amines) is 1. The second-order valence-electron chi connectivity index (χ2n) is 16.3. The van der Waals surface area contributed by atoms with Crippen LogP contribution >= 0.6 is 0 Å². The van der Waals surface area contributed by atoms with Gasteiger partial charge in [0.1, 0.15) is 12.1 Å². The van der Waals surface area contributed by atoms with Gasteiger partial charge in [-0.05, 0) is 74.5 Å². The Hall–Kier alpha value is -6.06. The van der Waals surface area contributed by atoms with Crippen molar-refractivity contribution in [3.05, 3.63) is 61.7 Å². The maximum absolute atomic E-state index is 14.6. The Bertz CT molecular complexity index is 2540. The van der Waals surface area contributed by atoms with Gasteiger partial charge in [-0.15, -0.1) is 0 Å². The molecule has 2 unspecified atom stereocenters. The van der Waals surface area contributed by atoms with Gasteiger partial charge >= 0.3 is 181 Å². The number of nitrogens with one attached hydrogen (secondary N) is 6. The number of amides is 8. The second kappa shape index (κ2) is 27.4. The quantitative estimate of drug-likeness (QED) is 0.0165. The van der Waals surface area contributed by atoms with E-state index in [-0.39, 0.29) is 50.1 Å². The number of nitrogens with two attached hydrogens (primary N) is 1. The van der Waals surface area contributed by atoms with E-state index in [0.717, 1.165) is 59.2 Å². The first kappa shape index (κ1) is 56.5. The molecule has 22 nitrogen and oxygen atoms in total. The molecule has 3 radical (unpaired) electrons. The number of hydrogen-bond donors (Lipinski definition) is 7. The van der Waals surface area contributed by atoms with E-state index >= 15 is 0 Å². The molecule has 2 aromatic heterocycles. The number of fused-ring (bicyclic) bond motifs is 4. The first-order valence-corrected chi connectivity index (χ1v) is 25.4. The average molecular weight is 1170 g/mol. The molecule has 2 aliphatic heterocycles. The number of hydrogen-bond acceptors (Lipinski definition) is 14. The minimum atomic E-state index is -0.916. The molecule has 1 saturated heterocycles. The molecule has 8 amide bonds. The molecule has 8 N–H and O–H groups in total. The molecule has 4 heterocycles. The maximum atomic E-state index is 14.6. The van der Waals surface area contributed by atoms with Gasteiger partial charge in [-0.2, -0.15) is 0 Å². The van der Waals surface area contributed by atoms with Crippen LogP contribution in [0.3, 0.4) is 0 Å². The summed E-state index contributed by atoms with van der Waals surface area (Å²) in [6.07, 6.45) is 4.27. The number of primary amides is 1. The molecule has 377 valence electrons. The molecule has 2 atom stereocenters. The number of carbonyl (C=O) groups excluding carboxylic acids is 9. The van der Waals surface area contributed by atoms with Crippen LogP contribution in [0.25, 0.3) is 22.3 Å². The molecular weight excluding hydrogens is 1110 g/mol. The van der Waals surface area contributed by atoms with Gasteiger partial charge in [-0.3, -0.25) is 14.4 Å². The fourth-order valence-corrected chi connectivity index (χ4v) is 8.96. The molecule has 0 saturated carbocycles. The zero-order valence-corrected chi connectivity index (χ0v) is 43.8. The molecule has 6 rings (SSSR count). The molecule has 0 spiro atoms. The van der Waals surface area contributed by atoms with E-state index in [9.17, 15) is 52.3 Å². The molecular formula is C46H60FN10O12Pb. The van der Waals surface area contributed by atoms with Gasteiger partial charge in [0.25, 0.3) is 5.56 Å². The summed E-state index contributed by atoms with van der Waals surface area (Å²) >= 11 is 0.552. The number of ether oxygens (including phenoxy) is 2. The van der Waals surface area contributed by atoms with Gasteiger partial charge in [0.15, 0.2) is 0 Å². The Morgan fingerprint density at radius 2 is 1.53 bits per heavy atom. The Balaban J connectivity index is 0.000000284. The van der Waals surface area contributed by atoms with Crippen LogP contribution in [0.1, 0.15) is 78.8 Å². The zero-order chi connectivity index (χ0) is 51.7. The van der Waals surface area contributed by atoms with Crippen molar-refractivity contribution in [1.29, 1.82) is 0 Å². The fraction of sp³-hybridized carbons (Fsp3) is 0.500. The van der Waals surface area contributed by atoms with Crippen molar-refractivity contribution in [3.8, 4) is 11.4 Å². The predicted molar refractivity (Wildman–Crippen MR) is 252 cm³/mol. The summed E-state index contributed by atoms with van der Waals surface area (Å²) in [6.45, 7) is 5.04. The number of halogens is 1. The number of nitrogens with zero attached hydrogens (tertiary/aromatic N) is 3. The van der Waals surface area contributed by atoms with Gasteiger partial charge in [0.2, 0.25) is 11.8 Å². The first-order chi connectivity index (χ1) is 33.4. The summed E-state index contributed by atoms with van der Waals surface area (Å²) in [4.78, 5) is 124. The van der Waals surface area contributed by atoms with Crippen molar-refractivity contribution in [2.45, 2.75) is 88.4 Å². The summed E-state index contributed by atoms with van der Waals surface area (Å²) in [5.74, 6) is -5.50. The van der Waals surface area contributed by atoms with Crippen molar-refractivity contribution in [2.24, 2.45) is 5.73 Å². The van der Waals surface area contributed by atoms with Gasteiger partial charge in [0.05, 0.1) is 30.1 Å². The molecule has 1 aliphatic carbocycles. The Kier molecular flexibility index (Phi) is 22.1. The Morgan fingerprint density at radius 1 is 0.900 bits per heavy atom.